The van der Waals surface area contributed by atoms with E-state index in [9.17, 15) is 18.0 Å². The minimum absolute atomic E-state index is 0.212. The molecule has 1 amide bonds. The van der Waals surface area contributed by atoms with Gasteiger partial charge in [0.2, 0.25) is 0 Å². The number of benzene rings is 2. The molecule has 0 unspecified atom stereocenters. The Morgan fingerprint density at radius 3 is 2.16 bits per heavy atom. The van der Waals surface area contributed by atoms with Crippen molar-refractivity contribution in [2.45, 2.75) is 0 Å². The second-order valence-electron chi connectivity index (χ2n) is 5.11. The van der Waals surface area contributed by atoms with Gasteiger partial charge >= 0.3 is 0 Å². The van der Waals surface area contributed by atoms with Crippen LogP contribution in [0.4, 0.5) is 30.4 Å². The third-order valence-corrected chi connectivity index (χ3v) is 3.34. The highest BCUT2D eigenvalue weighted by Gasteiger charge is 2.10. The van der Waals surface area contributed by atoms with Gasteiger partial charge in [-0.1, -0.05) is 6.07 Å². The first-order valence-corrected chi connectivity index (χ1v) is 7.27. The van der Waals surface area contributed by atoms with Crippen LogP contribution in [-0.2, 0) is 0 Å². The maximum absolute atomic E-state index is 13.6. The molecule has 0 radical (unpaired) electrons. The SMILES string of the molecule is O=C(Nc1ccc(Nc2c(F)cccc2F)nc1)c1ccc(F)cc1. The molecule has 4 nitrogen and oxygen atoms in total. The van der Waals surface area contributed by atoms with Crippen LogP contribution < -0.4 is 10.6 Å². The minimum Gasteiger partial charge on any atom is -0.335 e. The number of hydrogen-bond acceptors (Lipinski definition) is 3. The third-order valence-electron chi connectivity index (χ3n) is 3.34. The summed E-state index contributed by atoms with van der Waals surface area (Å²) >= 11 is 0. The molecule has 25 heavy (non-hydrogen) atoms. The quantitative estimate of drug-likeness (QED) is 0.734. The molecule has 0 spiro atoms. The van der Waals surface area contributed by atoms with Gasteiger partial charge in [-0.15, -0.1) is 0 Å². The van der Waals surface area contributed by atoms with Gasteiger partial charge in [-0.2, -0.15) is 0 Å². The number of nitrogens with zero attached hydrogens (tertiary/aromatic N) is 1. The molecule has 0 saturated carbocycles. The van der Waals surface area contributed by atoms with Crippen LogP contribution >= 0.6 is 0 Å². The topological polar surface area (TPSA) is 54.0 Å². The summed E-state index contributed by atoms with van der Waals surface area (Å²) in [6, 6.07) is 11.6. The van der Waals surface area contributed by atoms with E-state index in [1.54, 1.807) is 0 Å². The normalized spacial score (nSPS) is 10.4. The number of carbonyl (C=O) groups excluding carboxylic acids is 1. The van der Waals surface area contributed by atoms with E-state index in [1.165, 1.54) is 48.7 Å². The Hall–Kier alpha value is -3.35. The average molecular weight is 343 g/mol. The van der Waals surface area contributed by atoms with Gasteiger partial charge in [0.05, 0.1) is 11.9 Å². The Morgan fingerprint density at radius 2 is 1.56 bits per heavy atom. The number of carbonyl (C=O) groups is 1. The van der Waals surface area contributed by atoms with Crippen LogP contribution in [0, 0.1) is 17.5 Å². The number of nitrogens with one attached hydrogen (secondary N) is 2. The summed E-state index contributed by atoms with van der Waals surface area (Å²) in [6.07, 6.45) is 1.34. The van der Waals surface area contributed by atoms with Crippen LogP contribution in [0.25, 0.3) is 0 Å². The highest BCUT2D eigenvalue weighted by atomic mass is 19.1. The van der Waals surface area contributed by atoms with E-state index in [0.29, 0.717) is 5.69 Å². The van der Waals surface area contributed by atoms with Gasteiger partial charge in [0.1, 0.15) is 29.0 Å². The predicted octanol–water partition coefficient (Wildman–Crippen LogP) is 4.49. The average Bonchev–Trinajstić information content (AvgIpc) is 2.60. The molecule has 1 aromatic heterocycles. The van der Waals surface area contributed by atoms with Gasteiger partial charge in [0, 0.05) is 5.56 Å². The third kappa shape index (κ3) is 3.95. The summed E-state index contributed by atoms with van der Waals surface area (Å²) in [5, 5.41) is 5.14. The van der Waals surface area contributed by atoms with Crippen molar-refractivity contribution in [2.75, 3.05) is 10.6 Å². The number of aromatic nitrogens is 1. The molecule has 2 N–H and O–H groups in total. The van der Waals surface area contributed by atoms with E-state index in [0.717, 1.165) is 12.1 Å². The first-order valence-electron chi connectivity index (χ1n) is 7.27. The van der Waals surface area contributed by atoms with E-state index < -0.39 is 23.4 Å². The van der Waals surface area contributed by atoms with Gasteiger partial charge in [-0.05, 0) is 48.5 Å². The number of pyridine rings is 1. The molecule has 1 heterocycles. The van der Waals surface area contributed by atoms with E-state index >= 15 is 0 Å². The fourth-order valence-electron chi connectivity index (χ4n) is 2.09. The Morgan fingerprint density at radius 1 is 0.880 bits per heavy atom. The van der Waals surface area contributed by atoms with Gasteiger partial charge in [-0.3, -0.25) is 4.79 Å². The van der Waals surface area contributed by atoms with E-state index in [4.69, 9.17) is 0 Å². The molecule has 0 fully saturated rings. The fourth-order valence-corrected chi connectivity index (χ4v) is 2.09. The monoisotopic (exact) mass is 343 g/mol. The van der Waals surface area contributed by atoms with Gasteiger partial charge in [0.15, 0.2) is 0 Å². The zero-order valence-corrected chi connectivity index (χ0v) is 12.8. The molecule has 0 atom stereocenters. The Balaban J connectivity index is 1.70. The lowest BCUT2D eigenvalue weighted by atomic mass is 10.2. The fraction of sp³-hybridized carbons (Fsp3) is 0. The van der Waals surface area contributed by atoms with Crippen LogP contribution in [0.1, 0.15) is 10.4 Å². The highest BCUT2D eigenvalue weighted by Crippen LogP contribution is 2.22. The van der Waals surface area contributed by atoms with Crippen molar-refractivity contribution >= 4 is 23.1 Å². The van der Waals surface area contributed by atoms with Crippen molar-refractivity contribution < 1.29 is 18.0 Å². The number of rotatable bonds is 4. The largest absolute Gasteiger partial charge is 0.335 e. The lowest BCUT2D eigenvalue weighted by molar-refractivity contribution is 0.102. The standard InChI is InChI=1S/C18H12F3N3O/c19-12-6-4-11(5-7-12)18(25)23-13-8-9-16(22-10-13)24-17-14(20)2-1-3-15(17)21/h1-10H,(H,22,24)(H,23,25). The van der Waals surface area contributed by atoms with E-state index in [-0.39, 0.29) is 17.1 Å². The van der Waals surface area contributed by atoms with Crippen LogP contribution in [0.3, 0.4) is 0 Å². The van der Waals surface area contributed by atoms with Crippen LogP contribution in [0.5, 0.6) is 0 Å². The molecule has 0 aliphatic carbocycles. The lowest BCUT2D eigenvalue weighted by Gasteiger charge is -2.09. The van der Waals surface area contributed by atoms with Crippen molar-refractivity contribution in [1.82, 2.24) is 4.98 Å². The molecule has 0 saturated heterocycles. The number of hydrogen-bond donors (Lipinski definition) is 2. The van der Waals surface area contributed by atoms with Crippen LogP contribution in [0.15, 0.2) is 60.8 Å². The Bertz CT molecular complexity index is 876. The lowest BCUT2D eigenvalue weighted by Crippen LogP contribution is -2.12. The van der Waals surface area contributed by atoms with Crippen molar-refractivity contribution in [2.24, 2.45) is 0 Å². The summed E-state index contributed by atoms with van der Waals surface area (Å²) < 4.78 is 40.0. The smallest absolute Gasteiger partial charge is 0.255 e. The van der Waals surface area contributed by atoms with Crippen LogP contribution in [-0.4, -0.2) is 10.9 Å². The number of anilines is 3. The Kier molecular flexibility index (Phi) is 4.65. The molecule has 3 rings (SSSR count). The summed E-state index contributed by atoms with van der Waals surface area (Å²) in [6.45, 7) is 0. The summed E-state index contributed by atoms with van der Waals surface area (Å²) in [5.41, 5.74) is 0.365. The van der Waals surface area contributed by atoms with Crippen molar-refractivity contribution in [3.8, 4) is 0 Å². The van der Waals surface area contributed by atoms with Crippen molar-refractivity contribution in [1.29, 1.82) is 0 Å². The predicted molar refractivity (Wildman–Crippen MR) is 88.2 cm³/mol. The zero-order chi connectivity index (χ0) is 17.8. The molecule has 3 aromatic rings. The zero-order valence-electron chi connectivity index (χ0n) is 12.8. The molecular formula is C18H12F3N3O. The van der Waals surface area contributed by atoms with E-state index in [1.807, 2.05) is 0 Å². The Labute approximate surface area is 141 Å². The second-order valence-corrected chi connectivity index (χ2v) is 5.11. The van der Waals surface area contributed by atoms with Crippen molar-refractivity contribution in [3.05, 3.63) is 83.8 Å². The maximum atomic E-state index is 13.6. The highest BCUT2D eigenvalue weighted by molar-refractivity contribution is 6.04. The molecule has 126 valence electrons. The molecule has 0 aliphatic heterocycles. The molecular weight excluding hydrogens is 331 g/mol. The minimum atomic E-state index is -0.740. The molecule has 0 aliphatic rings. The van der Waals surface area contributed by atoms with E-state index in [2.05, 4.69) is 15.6 Å². The maximum Gasteiger partial charge on any atom is 0.255 e. The number of halogens is 3. The van der Waals surface area contributed by atoms with Crippen molar-refractivity contribution in [3.63, 3.8) is 0 Å². The summed E-state index contributed by atoms with van der Waals surface area (Å²) in [5.74, 6) is -2.13. The first kappa shape index (κ1) is 16.5. The molecule has 7 heteroatoms. The van der Waals surface area contributed by atoms with Crippen LogP contribution in [0.2, 0.25) is 0 Å². The number of para-hydroxylation sites is 1. The first-order chi connectivity index (χ1) is 12.0. The summed E-state index contributed by atoms with van der Waals surface area (Å²) in [7, 11) is 0. The second kappa shape index (κ2) is 7.04. The van der Waals surface area contributed by atoms with Gasteiger partial charge in [0.25, 0.3) is 5.91 Å². The number of amides is 1. The summed E-state index contributed by atoms with van der Waals surface area (Å²) in [4.78, 5) is 16.0. The van der Waals surface area contributed by atoms with Gasteiger partial charge in [-0.25, -0.2) is 18.2 Å². The van der Waals surface area contributed by atoms with Gasteiger partial charge < -0.3 is 10.6 Å². The molecule has 2 aromatic carbocycles. The molecule has 0 bridgehead atoms.